The number of sulfonamides is 1. The summed E-state index contributed by atoms with van der Waals surface area (Å²) in [6.45, 7) is 1.82. The smallest absolute Gasteiger partial charge is 0.251 e. The number of morpholine rings is 1. The summed E-state index contributed by atoms with van der Waals surface area (Å²) < 4.78 is 32.9. The summed E-state index contributed by atoms with van der Waals surface area (Å²) in [4.78, 5) is 13.5. The Balaban J connectivity index is 1.73. The molecule has 1 aromatic heterocycles. The third-order valence-corrected chi connectivity index (χ3v) is 7.27. The number of hydrogen-bond donors (Lipinski definition) is 1. The topological polar surface area (TPSA) is 75.7 Å². The Morgan fingerprint density at radius 1 is 1.24 bits per heavy atom. The van der Waals surface area contributed by atoms with Crippen LogP contribution < -0.4 is 5.32 Å². The predicted molar refractivity (Wildman–Crippen MR) is 99.2 cm³/mol. The fraction of sp³-hybridized carbons (Fsp3) is 0.312. The van der Waals surface area contributed by atoms with Gasteiger partial charge < -0.3 is 10.1 Å². The van der Waals surface area contributed by atoms with Gasteiger partial charge in [0.05, 0.1) is 28.4 Å². The molecule has 0 unspecified atom stereocenters. The minimum Gasteiger partial charge on any atom is -0.379 e. The summed E-state index contributed by atoms with van der Waals surface area (Å²) in [5.74, 6) is -0.302. The molecule has 0 spiro atoms. The summed E-state index contributed by atoms with van der Waals surface area (Å²) in [5, 5.41) is 2.81. The molecule has 1 N–H and O–H groups in total. The van der Waals surface area contributed by atoms with Crippen molar-refractivity contribution in [3.05, 3.63) is 50.6 Å². The lowest BCUT2D eigenvalue weighted by molar-refractivity contribution is 0.0730. The molecule has 1 aromatic carbocycles. The van der Waals surface area contributed by atoms with Crippen LogP contribution in [-0.4, -0.2) is 44.9 Å². The van der Waals surface area contributed by atoms with E-state index in [-0.39, 0.29) is 10.8 Å². The molecule has 134 valence electrons. The molecule has 1 saturated heterocycles. The van der Waals surface area contributed by atoms with Crippen molar-refractivity contribution in [1.29, 1.82) is 0 Å². The minimum absolute atomic E-state index is 0.126. The highest BCUT2D eigenvalue weighted by Gasteiger charge is 2.26. The van der Waals surface area contributed by atoms with Crippen LogP contribution in [0.2, 0.25) is 0 Å². The van der Waals surface area contributed by atoms with Crippen molar-refractivity contribution in [3.63, 3.8) is 0 Å². The first kappa shape index (κ1) is 18.5. The Morgan fingerprint density at radius 2 is 2.00 bits per heavy atom. The molecule has 0 bridgehead atoms. The van der Waals surface area contributed by atoms with Crippen LogP contribution in [0.1, 0.15) is 15.2 Å². The van der Waals surface area contributed by atoms with Crippen molar-refractivity contribution in [3.8, 4) is 0 Å². The quantitative estimate of drug-likeness (QED) is 0.768. The molecule has 0 radical (unpaired) electrons. The first-order chi connectivity index (χ1) is 12.0. The van der Waals surface area contributed by atoms with Crippen molar-refractivity contribution in [1.82, 2.24) is 9.62 Å². The molecular weight excluding hydrogens is 428 g/mol. The summed E-state index contributed by atoms with van der Waals surface area (Å²) >= 11 is 4.92. The van der Waals surface area contributed by atoms with Gasteiger partial charge in [-0.15, -0.1) is 11.3 Å². The average Bonchev–Trinajstić information content (AvgIpc) is 3.06. The first-order valence-corrected chi connectivity index (χ1v) is 10.7. The van der Waals surface area contributed by atoms with Crippen LogP contribution in [0.4, 0.5) is 0 Å². The zero-order chi connectivity index (χ0) is 17.9. The minimum atomic E-state index is -3.61. The number of carbonyl (C=O) groups is 1. The monoisotopic (exact) mass is 444 g/mol. The van der Waals surface area contributed by atoms with Crippen LogP contribution in [0.3, 0.4) is 0 Å². The maximum atomic E-state index is 12.7. The second-order valence-electron chi connectivity index (χ2n) is 5.43. The lowest BCUT2D eigenvalue weighted by atomic mass is 10.2. The Hall–Kier alpha value is -1.26. The van der Waals surface area contributed by atoms with Crippen molar-refractivity contribution < 1.29 is 17.9 Å². The number of nitrogens with zero attached hydrogens (tertiary/aromatic N) is 1. The third-order valence-electron chi connectivity index (χ3n) is 3.76. The van der Waals surface area contributed by atoms with E-state index in [0.29, 0.717) is 38.4 Å². The highest BCUT2D eigenvalue weighted by molar-refractivity contribution is 9.11. The summed E-state index contributed by atoms with van der Waals surface area (Å²) in [6.07, 6.45) is 0. The Morgan fingerprint density at radius 3 is 2.68 bits per heavy atom. The van der Waals surface area contributed by atoms with Gasteiger partial charge in [0.1, 0.15) is 0 Å². The molecule has 0 saturated carbocycles. The van der Waals surface area contributed by atoms with E-state index in [1.165, 1.54) is 27.8 Å². The lowest BCUT2D eigenvalue weighted by Gasteiger charge is -2.26. The number of nitrogens with one attached hydrogen (secondary N) is 1. The van der Waals surface area contributed by atoms with Crippen molar-refractivity contribution in [2.24, 2.45) is 0 Å². The zero-order valence-electron chi connectivity index (χ0n) is 13.3. The largest absolute Gasteiger partial charge is 0.379 e. The average molecular weight is 445 g/mol. The van der Waals surface area contributed by atoms with E-state index in [0.717, 1.165) is 8.66 Å². The molecule has 1 aliphatic heterocycles. The fourth-order valence-corrected chi connectivity index (χ4v) is 5.33. The maximum Gasteiger partial charge on any atom is 0.251 e. The third kappa shape index (κ3) is 4.48. The molecule has 1 amide bonds. The second kappa shape index (κ2) is 7.96. The number of thiophene rings is 1. The molecule has 3 rings (SSSR count). The highest BCUT2D eigenvalue weighted by Crippen LogP contribution is 2.22. The second-order valence-corrected chi connectivity index (χ2v) is 9.92. The molecule has 6 nitrogen and oxygen atoms in total. The summed E-state index contributed by atoms with van der Waals surface area (Å²) in [6, 6.07) is 9.97. The maximum absolute atomic E-state index is 12.7. The molecule has 1 fully saturated rings. The molecule has 0 atom stereocenters. The van der Waals surface area contributed by atoms with Crippen LogP contribution in [0, 0.1) is 0 Å². The fourth-order valence-electron chi connectivity index (χ4n) is 2.45. The van der Waals surface area contributed by atoms with E-state index < -0.39 is 10.0 Å². The lowest BCUT2D eigenvalue weighted by Crippen LogP contribution is -2.40. The zero-order valence-corrected chi connectivity index (χ0v) is 16.5. The standard InChI is InChI=1S/C16H17BrN2O4S2/c17-15-5-4-13(24-15)11-18-16(20)12-2-1-3-14(10-12)25(21,22)19-6-8-23-9-7-19/h1-5,10H,6-9,11H2,(H,18,20). The van der Waals surface area contributed by atoms with Gasteiger partial charge >= 0.3 is 0 Å². The van der Waals surface area contributed by atoms with Gasteiger partial charge in [0.2, 0.25) is 10.0 Å². The Bertz CT molecular complexity index is 861. The number of ether oxygens (including phenoxy) is 1. The van der Waals surface area contributed by atoms with Gasteiger partial charge in [0.25, 0.3) is 5.91 Å². The molecule has 2 aromatic rings. The molecule has 1 aliphatic rings. The number of hydrogen-bond acceptors (Lipinski definition) is 5. The molecule has 25 heavy (non-hydrogen) atoms. The van der Waals surface area contributed by atoms with Crippen LogP contribution in [-0.2, 0) is 21.3 Å². The normalized spacial score (nSPS) is 15.9. The van der Waals surface area contributed by atoms with E-state index in [1.807, 2.05) is 12.1 Å². The van der Waals surface area contributed by atoms with Gasteiger partial charge in [-0.2, -0.15) is 4.31 Å². The summed E-state index contributed by atoms with van der Waals surface area (Å²) in [7, 11) is -3.61. The van der Waals surface area contributed by atoms with Crippen LogP contribution in [0.25, 0.3) is 0 Å². The molecule has 0 aliphatic carbocycles. The number of amides is 1. The van der Waals surface area contributed by atoms with Gasteiger partial charge in [-0.3, -0.25) is 4.79 Å². The van der Waals surface area contributed by atoms with Crippen LogP contribution in [0.15, 0.2) is 45.1 Å². The highest BCUT2D eigenvalue weighted by atomic mass is 79.9. The van der Waals surface area contributed by atoms with E-state index in [9.17, 15) is 13.2 Å². The van der Waals surface area contributed by atoms with Gasteiger partial charge in [-0.1, -0.05) is 6.07 Å². The molecule has 9 heteroatoms. The molecular formula is C16H17BrN2O4S2. The van der Waals surface area contributed by atoms with Gasteiger partial charge in [0.15, 0.2) is 0 Å². The number of carbonyl (C=O) groups excluding carboxylic acids is 1. The first-order valence-electron chi connectivity index (χ1n) is 7.67. The SMILES string of the molecule is O=C(NCc1ccc(Br)s1)c1cccc(S(=O)(=O)N2CCOCC2)c1. The van der Waals surface area contributed by atoms with Crippen LogP contribution in [0.5, 0.6) is 0 Å². The van der Waals surface area contributed by atoms with E-state index in [4.69, 9.17) is 4.74 Å². The van der Waals surface area contributed by atoms with Crippen molar-refractivity contribution in [2.75, 3.05) is 26.3 Å². The van der Waals surface area contributed by atoms with Crippen molar-refractivity contribution in [2.45, 2.75) is 11.4 Å². The number of halogens is 1. The Kier molecular flexibility index (Phi) is 5.90. The summed E-state index contributed by atoms with van der Waals surface area (Å²) in [5.41, 5.74) is 0.324. The van der Waals surface area contributed by atoms with Crippen LogP contribution >= 0.6 is 27.3 Å². The van der Waals surface area contributed by atoms with Gasteiger partial charge in [-0.05, 0) is 46.3 Å². The van der Waals surface area contributed by atoms with Crippen molar-refractivity contribution >= 4 is 43.2 Å². The number of rotatable bonds is 5. The van der Waals surface area contributed by atoms with E-state index in [1.54, 1.807) is 12.1 Å². The molecule has 2 heterocycles. The Labute approximate surface area is 159 Å². The predicted octanol–water partition coefficient (Wildman–Crippen LogP) is 2.46. The van der Waals surface area contributed by atoms with E-state index >= 15 is 0 Å². The van der Waals surface area contributed by atoms with Gasteiger partial charge in [-0.25, -0.2) is 8.42 Å². The van der Waals surface area contributed by atoms with Gasteiger partial charge in [0, 0.05) is 23.5 Å². The van der Waals surface area contributed by atoms with E-state index in [2.05, 4.69) is 21.2 Å². The number of benzene rings is 1.